The highest BCUT2D eigenvalue weighted by Crippen LogP contribution is 2.40. The molecule has 0 amide bonds. The van der Waals surface area contributed by atoms with Crippen molar-refractivity contribution in [2.45, 2.75) is 12.4 Å². The van der Waals surface area contributed by atoms with Gasteiger partial charge in [-0.25, -0.2) is 9.50 Å². The van der Waals surface area contributed by atoms with Crippen molar-refractivity contribution < 1.29 is 36.2 Å². The molecule has 11 heteroatoms. The predicted octanol–water partition coefficient (Wildman–Crippen LogP) is 5.82. The topological polar surface area (TPSA) is 59.7 Å². The van der Waals surface area contributed by atoms with Crippen LogP contribution in [0.5, 0.6) is 11.5 Å². The summed E-state index contributed by atoms with van der Waals surface area (Å²) in [6.45, 7) is 0. The summed E-state index contributed by atoms with van der Waals surface area (Å²) in [4.78, 5) is 3.50. The Kier molecular flexibility index (Phi) is 4.99. The van der Waals surface area contributed by atoms with Gasteiger partial charge in [0.1, 0.15) is 22.9 Å². The minimum absolute atomic E-state index is 0.0325. The highest BCUT2D eigenvalue weighted by molar-refractivity contribution is 5.90. The fourth-order valence-electron chi connectivity index (χ4n) is 3.21. The molecule has 2 aromatic carbocycles. The Morgan fingerprint density at radius 2 is 1.44 bits per heavy atom. The van der Waals surface area contributed by atoms with Crippen molar-refractivity contribution in [2.24, 2.45) is 0 Å². The standard InChI is InChI=1S/C21H13F6N3O2/c1-32-14-8-4-11(5-9-14)17-18(12-2-6-13(31)7-3-12)29-30-16(21(25,26)27)10-15(20(22,23)24)28-19(17)30/h2-10,31H,1H3. The van der Waals surface area contributed by atoms with E-state index in [0.717, 1.165) is 0 Å². The predicted molar refractivity (Wildman–Crippen MR) is 102 cm³/mol. The van der Waals surface area contributed by atoms with Crippen molar-refractivity contribution >= 4 is 5.65 Å². The van der Waals surface area contributed by atoms with Gasteiger partial charge in [0.25, 0.3) is 0 Å². The van der Waals surface area contributed by atoms with Crippen LogP contribution in [0.3, 0.4) is 0 Å². The molecule has 0 saturated carbocycles. The Labute approximate surface area is 176 Å². The fraction of sp³-hybridized carbons (Fsp3) is 0.143. The molecule has 0 aliphatic carbocycles. The van der Waals surface area contributed by atoms with Crippen LogP contribution in [0.25, 0.3) is 28.0 Å². The highest BCUT2D eigenvalue weighted by Gasteiger charge is 2.41. The number of aromatic nitrogens is 3. The summed E-state index contributed by atoms with van der Waals surface area (Å²) in [5, 5.41) is 13.5. The average molecular weight is 453 g/mol. The van der Waals surface area contributed by atoms with E-state index in [2.05, 4.69) is 10.1 Å². The molecule has 0 aliphatic heterocycles. The molecule has 2 aromatic heterocycles. The van der Waals surface area contributed by atoms with Gasteiger partial charge >= 0.3 is 12.4 Å². The van der Waals surface area contributed by atoms with Crippen molar-refractivity contribution in [3.63, 3.8) is 0 Å². The van der Waals surface area contributed by atoms with Gasteiger partial charge in [-0.3, -0.25) is 0 Å². The van der Waals surface area contributed by atoms with Gasteiger partial charge in [0.2, 0.25) is 0 Å². The third kappa shape index (κ3) is 3.81. The second kappa shape index (κ2) is 7.43. The Morgan fingerprint density at radius 1 is 0.844 bits per heavy atom. The second-order valence-electron chi connectivity index (χ2n) is 6.76. The summed E-state index contributed by atoms with van der Waals surface area (Å²) >= 11 is 0. The maximum atomic E-state index is 13.7. The molecule has 2 heterocycles. The zero-order valence-corrected chi connectivity index (χ0v) is 16.2. The lowest BCUT2D eigenvalue weighted by Gasteiger charge is -2.13. The molecule has 5 nitrogen and oxygen atoms in total. The molecule has 4 aromatic rings. The highest BCUT2D eigenvalue weighted by atomic mass is 19.4. The molecular weight excluding hydrogens is 440 g/mol. The molecule has 0 radical (unpaired) electrons. The van der Waals surface area contributed by atoms with Gasteiger partial charge in [-0.15, -0.1) is 0 Å². The van der Waals surface area contributed by atoms with E-state index in [4.69, 9.17) is 4.74 Å². The van der Waals surface area contributed by atoms with E-state index in [9.17, 15) is 31.4 Å². The lowest BCUT2D eigenvalue weighted by atomic mass is 10.0. The first-order chi connectivity index (χ1) is 15.0. The van der Waals surface area contributed by atoms with Gasteiger partial charge in [-0.1, -0.05) is 12.1 Å². The molecule has 0 saturated heterocycles. The van der Waals surface area contributed by atoms with Gasteiger partial charge < -0.3 is 9.84 Å². The van der Waals surface area contributed by atoms with Crippen molar-refractivity contribution in [1.29, 1.82) is 0 Å². The number of phenols is 1. The number of ether oxygens (including phenoxy) is 1. The first kappa shape index (κ1) is 21.5. The van der Waals surface area contributed by atoms with E-state index in [-0.39, 0.29) is 34.2 Å². The Balaban J connectivity index is 2.12. The largest absolute Gasteiger partial charge is 0.508 e. The molecule has 4 rings (SSSR count). The van der Waals surface area contributed by atoms with Crippen molar-refractivity contribution in [2.75, 3.05) is 7.11 Å². The van der Waals surface area contributed by atoms with Crippen LogP contribution in [0, 0.1) is 0 Å². The van der Waals surface area contributed by atoms with E-state index in [1.54, 1.807) is 0 Å². The van der Waals surface area contributed by atoms with Crippen molar-refractivity contribution in [1.82, 2.24) is 14.6 Å². The number of hydrogen-bond acceptors (Lipinski definition) is 4. The maximum absolute atomic E-state index is 13.7. The Hall–Kier alpha value is -3.76. The van der Waals surface area contributed by atoms with Crippen molar-refractivity contribution in [3.8, 4) is 33.9 Å². The number of aromatic hydroxyl groups is 1. The number of halogens is 6. The van der Waals surface area contributed by atoms with Crippen LogP contribution in [0.15, 0.2) is 54.6 Å². The minimum atomic E-state index is -5.13. The van der Waals surface area contributed by atoms with Crippen LogP contribution in [0.1, 0.15) is 11.4 Å². The molecule has 0 fully saturated rings. The lowest BCUT2D eigenvalue weighted by Crippen LogP contribution is -2.18. The third-order valence-electron chi connectivity index (χ3n) is 4.69. The molecule has 0 aliphatic rings. The summed E-state index contributed by atoms with van der Waals surface area (Å²) in [6.07, 6.45) is -10.2. The molecule has 32 heavy (non-hydrogen) atoms. The quantitative estimate of drug-likeness (QED) is 0.398. The zero-order valence-electron chi connectivity index (χ0n) is 16.2. The van der Waals surface area contributed by atoms with Crippen LogP contribution in [0.2, 0.25) is 0 Å². The summed E-state index contributed by atoms with van der Waals surface area (Å²) < 4.78 is 86.6. The number of phenolic OH excluding ortho intramolecular Hbond substituents is 1. The van der Waals surface area contributed by atoms with Crippen LogP contribution >= 0.6 is 0 Å². The molecule has 0 unspecified atom stereocenters. The SMILES string of the molecule is COc1ccc(-c2c(-c3ccc(O)cc3)nn3c(C(F)(F)F)cc(C(F)(F)F)nc23)cc1. The zero-order chi connectivity index (χ0) is 23.3. The summed E-state index contributed by atoms with van der Waals surface area (Å²) in [7, 11) is 1.42. The number of alkyl halides is 6. The molecule has 166 valence electrons. The minimum Gasteiger partial charge on any atom is -0.508 e. The molecular formula is C21H13F6N3O2. The summed E-state index contributed by atoms with van der Waals surface area (Å²) in [6, 6.07) is 11.3. The van der Waals surface area contributed by atoms with Crippen LogP contribution in [-0.2, 0) is 12.4 Å². The lowest BCUT2D eigenvalue weighted by molar-refractivity contribution is -0.148. The van der Waals surface area contributed by atoms with E-state index in [0.29, 0.717) is 10.3 Å². The molecule has 0 spiro atoms. The summed E-state index contributed by atoms with van der Waals surface area (Å²) in [5.74, 6) is 0.341. The van der Waals surface area contributed by atoms with E-state index in [1.807, 2.05) is 0 Å². The number of nitrogens with zero attached hydrogens (tertiary/aromatic N) is 3. The van der Waals surface area contributed by atoms with Crippen LogP contribution in [0.4, 0.5) is 26.3 Å². The van der Waals surface area contributed by atoms with E-state index < -0.39 is 29.4 Å². The second-order valence-corrected chi connectivity index (χ2v) is 6.76. The van der Waals surface area contributed by atoms with E-state index in [1.165, 1.54) is 55.6 Å². The van der Waals surface area contributed by atoms with Gasteiger partial charge in [-0.2, -0.15) is 31.4 Å². The van der Waals surface area contributed by atoms with Gasteiger partial charge in [0, 0.05) is 5.56 Å². The normalized spacial score (nSPS) is 12.3. The molecule has 0 atom stereocenters. The Morgan fingerprint density at radius 3 is 1.97 bits per heavy atom. The van der Waals surface area contributed by atoms with Crippen LogP contribution in [-0.4, -0.2) is 26.8 Å². The van der Waals surface area contributed by atoms with E-state index >= 15 is 0 Å². The maximum Gasteiger partial charge on any atom is 0.433 e. The molecule has 1 N–H and O–H groups in total. The average Bonchev–Trinajstić information content (AvgIpc) is 3.11. The van der Waals surface area contributed by atoms with Gasteiger partial charge in [-0.05, 0) is 48.0 Å². The number of hydrogen-bond donors (Lipinski definition) is 1. The summed E-state index contributed by atoms with van der Waals surface area (Å²) in [5.41, 5.74) is -3.42. The number of fused-ring (bicyclic) bond motifs is 1. The van der Waals surface area contributed by atoms with Crippen molar-refractivity contribution in [3.05, 3.63) is 66.0 Å². The number of rotatable bonds is 3. The Bertz CT molecular complexity index is 1280. The molecule has 0 bridgehead atoms. The fourth-order valence-corrected chi connectivity index (χ4v) is 3.21. The first-order valence-corrected chi connectivity index (χ1v) is 9.01. The monoisotopic (exact) mass is 453 g/mol. The van der Waals surface area contributed by atoms with Gasteiger partial charge in [0.15, 0.2) is 11.3 Å². The smallest absolute Gasteiger partial charge is 0.433 e. The first-order valence-electron chi connectivity index (χ1n) is 9.01. The third-order valence-corrected chi connectivity index (χ3v) is 4.69. The van der Waals surface area contributed by atoms with Gasteiger partial charge in [0.05, 0.1) is 12.7 Å². The number of benzene rings is 2. The number of methoxy groups -OCH3 is 1. The van der Waals surface area contributed by atoms with Crippen LogP contribution < -0.4 is 4.74 Å².